The largest absolute Gasteiger partial charge is 0.472 e. The van der Waals surface area contributed by atoms with E-state index in [9.17, 15) is 19.0 Å². The lowest BCUT2D eigenvalue weighted by atomic mass is 10.0. The lowest BCUT2D eigenvalue weighted by Gasteiger charge is -2.24. The van der Waals surface area contributed by atoms with E-state index < -0.39 is 26.5 Å². The van der Waals surface area contributed by atoms with Crippen LogP contribution in [0.15, 0.2) is 0 Å². The summed E-state index contributed by atoms with van der Waals surface area (Å²) in [6, 6.07) is 0. The second kappa shape index (κ2) is 37.6. The molecule has 2 unspecified atom stereocenters. The number of carbonyl (C=O) groups excluding carboxylic acids is 2. The summed E-state index contributed by atoms with van der Waals surface area (Å²) >= 11 is 0. The summed E-state index contributed by atoms with van der Waals surface area (Å²) < 4.78 is 34.1. The third-order valence-corrected chi connectivity index (χ3v) is 11.1. The Bertz CT molecular complexity index is 896. The van der Waals surface area contributed by atoms with E-state index in [2.05, 4.69) is 13.8 Å². The summed E-state index contributed by atoms with van der Waals surface area (Å²) in [6.45, 7) is 4.36. The van der Waals surface area contributed by atoms with E-state index in [1.807, 2.05) is 21.1 Å². The molecular formula is C44H89NO8P+. The molecule has 0 aliphatic rings. The second-order valence-corrected chi connectivity index (χ2v) is 18.3. The number of unbranched alkanes of at least 4 members (excludes halogenated alkanes) is 28. The molecule has 0 saturated carbocycles. The quantitative estimate of drug-likeness (QED) is 0.0282. The van der Waals surface area contributed by atoms with Gasteiger partial charge in [-0.2, -0.15) is 0 Å². The van der Waals surface area contributed by atoms with Gasteiger partial charge in [-0.05, 0) is 12.8 Å². The maximum absolute atomic E-state index is 12.6. The van der Waals surface area contributed by atoms with Gasteiger partial charge in [0.25, 0.3) is 0 Å². The van der Waals surface area contributed by atoms with Crippen LogP contribution in [0.5, 0.6) is 0 Å². The lowest BCUT2D eigenvalue weighted by molar-refractivity contribution is -0.870. The summed E-state index contributed by atoms with van der Waals surface area (Å²) in [4.78, 5) is 35.0. The van der Waals surface area contributed by atoms with Gasteiger partial charge in [-0.1, -0.05) is 194 Å². The molecule has 0 aromatic carbocycles. The standard InChI is InChI=1S/C44H88NO8P/c1-6-8-10-12-13-14-15-16-17-18-19-20-21-22-23-24-25-26-27-28-29-30-31-33-35-37-44(47)53-42(40-50-43(46)36-34-32-11-9-7-2)41-52-54(48,49)51-39-38-45(3,4)5/h42H,6-41H2,1-5H3/p+1. The SMILES string of the molecule is CCCCCCCCCCCCCCCCCCCCCCCCCCCC(=O)OC(COC(=O)CCCCCCC)COP(=O)(O)OCC[N+](C)(C)C. The molecule has 0 rings (SSSR count). The first-order valence-electron chi connectivity index (χ1n) is 22.8. The highest BCUT2D eigenvalue weighted by Gasteiger charge is 2.27. The number of esters is 2. The number of hydrogen-bond donors (Lipinski definition) is 1. The molecule has 0 aliphatic heterocycles. The van der Waals surface area contributed by atoms with Crippen molar-refractivity contribution in [2.24, 2.45) is 0 Å². The summed E-state index contributed by atoms with van der Waals surface area (Å²) in [6.07, 6.45) is 37.8. The molecule has 0 heterocycles. The highest BCUT2D eigenvalue weighted by molar-refractivity contribution is 7.47. The predicted molar refractivity (Wildman–Crippen MR) is 225 cm³/mol. The third kappa shape index (κ3) is 40.7. The van der Waals surface area contributed by atoms with Crippen molar-refractivity contribution >= 4 is 19.8 Å². The molecule has 0 radical (unpaired) electrons. The van der Waals surface area contributed by atoms with Gasteiger partial charge in [0.15, 0.2) is 6.10 Å². The highest BCUT2D eigenvalue weighted by Crippen LogP contribution is 2.43. The van der Waals surface area contributed by atoms with E-state index >= 15 is 0 Å². The van der Waals surface area contributed by atoms with Crippen LogP contribution in [0.1, 0.15) is 219 Å². The van der Waals surface area contributed by atoms with Crippen molar-refractivity contribution in [3.05, 3.63) is 0 Å². The van der Waals surface area contributed by atoms with Crippen molar-refractivity contribution in [1.82, 2.24) is 0 Å². The minimum Gasteiger partial charge on any atom is -0.462 e. The van der Waals surface area contributed by atoms with Gasteiger partial charge in [0.2, 0.25) is 0 Å². The number of likely N-dealkylation sites (N-methyl/N-ethyl adjacent to an activating group) is 1. The summed E-state index contributed by atoms with van der Waals surface area (Å²) in [7, 11) is 1.49. The molecule has 0 aliphatic carbocycles. The second-order valence-electron chi connectivity index (χ2n) is 16.8. The molecule has 322 valence electrons. The first-order valence-corrected chi connectivity index (χ1v) is 24.3. The highest BCUT2D eigenvalue weighted by atomic mass is 31.2. The van der Waals surface area contributed by atoms with E-state index in [0.717, 1.165) is 51.4 Å². The van der Waals surface area contributed by atoms with Crippen LogP contribution in [0.3, 0.4) is 0 Å². The van der Waals surface area contributed by atoms with E-state index in [-0.39, 0.29) is 32.0 Å². The Labute approximate surface area is 334 Å². The van der Waals surface area contributed by atoms with Crippen molar-refractivity contribution in [3.63, 3.8) is 0 Å². The average molecular weight is 791 g/mol. The average Bonchev–Trinajstić information content (AvgIpc) is 3.12. The number of rotatable bonds is 42. The van der Waals surface area contributed by atoms with Gasteiger partial charge >= 0.3 is 19.8 Å². The fourth-order valence-electron chi connectivity index (χ4n) is 6.54. The lowest BCUT2D eigenvalue weighted by Crippen LogP contribution is -2.37. The maximum Gasteiger partial charge on any atom is 0.472 e. The van der Waals surface area contributed by atoms with Crippen LogP contribution in [0.25, 0.3) is 0 Å². The topological polar surface area (TPSA) is 108 Å². The molecule has 2 atom stereocenters. The van der Waals surface area contributed by atoms with Gasteiger partial charge in [-0.3, -0.25) is 18.6 Å². The Balaban J connectivity index is 3.97. The Morgan fingerprint density at radius 2 is 0.833 bits per heavy atom. The van der Waals surface area contributed by atoms with Crippen molar-refractivity contribution in [2.75, 3.05) is 47.5 Å². The molecule has 10 heteroatoms. The zero-order chi connectivity index (χ0) is 40.0. The van der Waals surface area contributed by atoms with Crippen LogP contribution >= 0.6 is 7.82 Å². The van der Waals surface area contributed by atoms with Crippen LogP contribution in [-0.4, -0.2) is 74.9 Å². The van der Waals surface area contributed by atoms with Crippen molar-refractivity contribution in [2.45, 2.75) is 225 Å². The Kier molecular flexibility index (Phi) is 36.9. The number of carbonyl (C=O) groups is 2. The summed E-state index contributed by atoms with van der Waals surface area (Å²) in [5.41, 5.74) is 0. The summed E-state index contributed by atoms with van der Waals surface area (Å²) in [5, 5.41) is 0. The smallest absolute Gasteiger partial charge is 0.462 e. The molecule has 9 nitrogen and oxygen atoms in total. The third-order valence-electron chi connectivity index (χ3n) is 10.1. The number of ether oxygens (including phenoxy) is 2. The molecular weight excluding hydrogens is 701 g/mol. The molecule has 0 aromatic heterocycles. The molecule has 0 aromatic rings. The van der Waals surface area contributed by atoms with E-state index in [1.165, 1.54) is 141 Å². The summed E-state index contributed by atoms with van der Waals surface area (Å²) in [5.74, 6) is -0.800. The molecule has 0 saturated heterocycles. The number of quaternary nitrogens is 1. The van der Waals surface area contributed by atoms with Crippen molar-refractivity contribution in [1.29, 1.82) is 0 Å². The van der Waals surface area contributed by atoms with Gasteiger partial charge in [0, 0.05) is 12.8 Å². The van der Waals surface area contributed by atoms with Crippen molar-refractivity contribution < 1.29 is 42.1 Å². The van der Waals surface area contributed by atoms with Crippen LogP contribution in [0.2, 0.25) is 0 Å². The van der Waals surface area contributed by atoms with Gasteiger partial charge in [-0.25, -0.2) is 4.57 Å². The van der Waals surface area contributed by atoms with E-state index in [4.69, 9.17) is 18.5 Å². The first-order chi connectivity index (χ1) is 26.0. The van der Waals surface area contributed by atoms with Gasteiger partial charge in [-0.15, -0.1) is 0 Å². The maximum atomic E-state index is 12.6. The van der Waals surface area contributed by atoms with Gasteiger partial charge < -0.3 is 18.9 Å². The Morgan fingerprint density at radius 3 is 1.19 bits per heavy atom. The van der Waals surface area contributed by atoms with E-state index in [1.54, 1.807) is 0 Å². The fourth-order valence-corrected chi connectivity index (χ4v) is 7.29. The molecule has 0 bridgehead atoms. The van der Waals surface area contributed by atoms with Crippen LogP contribution < -0.4 is 0 Å². The zero-order valence-electron chi connectivity index (χ0n) is 36.2. The number of phosphoric ester groups is 1. The molecule has 0 fully saturated rings. The fraction of sp³-hybridized carbons (Fsp3) is 0.955. The number of hydrogen-bond acceptors (Lipinski definition) is 7. The zero-order valence-corrected chi connectivity index (χ0v) is 37.1. The van der Waals surface area contributed by atoms with E-state index in [0.29, 0.717) is 11.0 Å². The molecule has 1 N–H and O–H groups in total. The molecule has 54 heavy (non-hydrogen) atoms. The Hall–Kier alpha value is -0.990. The monoisotopic (exact) mass is 791 g/mol. The normalized spacial score (nSPS) is 13.5. The van der Waals surface area contributed by atoms with Crippen LogP contribution in [0, 0.1) is 0 Å². The number of phosphoric acid groups is 1. The van der Waals surface area contributed by atoms with Crippen LogP contribution in [0.4, 0.5) is 0 Å². The minimum absolute atomic E-state index is 0.0360. The molecule has 0 amide bonds. The van der Waals surface area contributed by atoms with Gasteiger partial charge in [0.1, 0.15) is 19.8 Å². The minimum atomic E-state index is -4.36. The first kappa shape index (κ1) is 53.0. The van der Waals surface area contributed by atoms with Crippen molar-refractivity contribution in [3.8, 4) is 0 Å². The van der Waals surface area contributed by atoms with Crippen LogP contribution in [-0.2, 0) is 32.7 Å². The Morgan fingerprint density at radius 1 is 0.500 bits per heavy atom. The molecule has 0 spiro atoms. The number of nitrogens with zero attached hydrogens (tertiary/aromatic N) is 1. The van der Waals surface area contributed by atoms with Gasteiger partial charge in [0.05, 0.1) is 27.7 Å². The predicted octanol–water partition coefficient (Wildman–Crippen LogP) is 12.8.